The molecule has 0 unspecified atom stereocenters. The maximum Gasteiger partial charge on any atom is 0.0542 e. The summed E-state index contributed by atoms with van der Waals surface area (Å²) in [5.74, 6) is 0. The Balaban J connectivity index is 0.914. The maximum absolute atomic E-state index is 2.49. The van der Waals surface area contributed by atoms with E-state index >= 15 is 0 Å². The monoisotopic (exact) mass is 1090 g/mol. The van der Waals surface area contributed by atoms with Gasteiger partial charge in [-0.05, 0) is 162 Å². The van der Waals surface area contributed by atoms with Crippen LogP contribution in [0.2, 0.25) is 0 Å². The highest BCUT2D eigenvalue weighted by Gasteiger charge is 2.25. The largest absolute Gasteiger partial charge is 0.313 e. The molecular weight excluding hydrogens is 1030 g/mol. The number of nitrogens with zero attached hydrogens (tertiary/aromatic N) is 5. The predicted octanol–water partition coefficient (Wildman–Crippen LogP) is 21.7. The Kier molecular flexibility index (Phi) is 11.3. The summed E-state index contributed by atoms with van der Waals surface area (Å²) in [7, 11) is 0. The van der Waals surface area contributed by atoms with Crippen LogP contribution < -0.4 is 9.80 Å². The summed E-state index contributed by atoms with van der Waals surface area (Å²) in [6.07, 6.45) is 6.69. The summed E-state index contributed by atoms with van der Waals surface area (Å²) >= 11 is 0. The number of fused-ring (bicyclic) bond motifs is 11. The minimum atomic E-state index is 0.987. The van der Waals surface area contributed by atoms with Crippen molar-refractivity contribution < 1.29 is 0 Å². The summed E-state index contributed by atoms with van der Waals surface area (Å²) in [6, 6.07) is 109. The van der Waals surface area contributed by atoms with E-state index in [2.05, 4.69) is 333 Å². The van der Waals surface area contributed by atoms with Crippen LogP contribution >= 0.6 is 0 Å². The van der Waals surface area contributed by atoms with Crippen LogP contribution in [0.15, 0.2) is 303 Å². The van der Waals surface area contributed by atoms with E-state index in [1.807, 2.05) is 0 Å². The zero-order valence-electron chi connectivity index (χ0n) is 46.6. The third kappa shape index (κ3) is 7.92. The van der Waals surface area contributed by atoms with E-state index in [1.165, 1.54) is 82.3 Å². The molecule has 0 bridgehead atoms. The summed E-state index contributed by atoms with van der Waals surface area (Å²) in [6.45, 7) is 0. The van der Waals surface area contributed by atoms with Gasteiger partial charge in [-0.2, -0.15) is 0 Å². The van der Waals surface area contributed by atoms with Crippen molar-refractivity contribution >= 4 is 116 Å². The van der Waals surface area contributed by atoms with E-state index in [4.69, 9.17) is 0 Å². The third-order valence-corrected chi connectivity index (χ3v) is 17.6. The number of para-hydroxylation sites is 3. The molecule has 5 nitrogen and oxygen atoms in total. The SMILES string of the molecule is C1=Cc2c(n(-c3ccccc3)c3ccc(N(c4ccc5c(c4)c4cc(N(c6ccc7c(c6)c6ccccc6n7-c6ccccc6)c6cccc7ccccc67)ccc4n5-c4ccc(-c5ccccc5)cc4)c4cccc5ccccc45)cc23)CC1. The first-order chi connectivity index (χ1) is 42.2. The van der Waals surface area contributed by atoms with Crippen molar-refractivity contribution in [1.82, 2.24) is 13.7 Å². The maximum atomic E-state index is 2.49. The van der Waals surface area contributed by atoms with Gasteiger partial charge in [0.05, 0.1) is 39.0 Å². The molecule has 0 amide bonds. The highest BCUT2D eigenvalue weighted by atomic mass is 15.2. The molecule has 3 aromatic heterocycles. The molecule has 0 atom stereocenters. The van der Waals surface area contributed by atoms with Gasteiger partial charge in [0.25, 0.3) is 0 Å². The van der Waals surface area contributed by atoms with Crippen LogP contribution in [0.1, 0.15) is 17.7 Å². The highest BCUT2D eigenvalue weighted by molar-refractivity contribution is 6.15. The zero-order chi connectivity index (χ0) is 56.0. The number of hydrogen-bond acceptors (Lipinski definition) is 2. The first-order valence-electron chi connectivity index (χ1n) is 29.5. The van der Waals surface area contributed by atoms with Crippen LogP contribution in [0.25, 0.3) is 110 Å². The zero-order valence-corrected chi connectivity index (χ0v) is 46.6. The molecule has 85 heavy (non-hydrogen) atoms. The van der Waals surface area contributed by atoms with Crippen LogP contribution in [-0.4, -0.2) is 13.7 Å². The van der Waals surface area contributed by atoms with Crippen molar-refractivity contribution in [3.8, 4) is 28.2 Å². The first kappa shape index (κ1) is 48.6. The Morgan fingerprint density at radius 1 is 0.271 bits per heavy atom. The molecule has 3 heterocycles. The summed E-state index contributed by atoms with van der Waals surface area (Å²) in [4.78, 5) is 4.97. The molecule has 17 rings (SSSR count). The van der Waals surface area contributed by atoms with E-state index in [-0.39, 0.29) is 0 Å². The topological polar surface area (TPSA) is 21.3 Å². The van der Waals surface area contributed by atoms with Gasteiger partial charge in [-0.25, -0.2) is 0 Å². The van der Waals surface area contributed by atoms with Gasteiger partial charge in [0.1, 0.15) is 0 Å². The Labute approximate surface area is 492 Å². The molecule has 0 fully saturated rings. The van der Waals surface area contributed by atoms with E-state index in [0.717, 1.165) is 80.1 Å². The number of allylic oxidation sites excluding steroid dienone is 1. The molecule has 16 aromatic rings. The fourth-order valence-corrected chi connectivity index (χ4v) is 13.8. The molecule has 5 heteroatoms. The number of benzene rings is 13. The fourth-order valence-electron chi connectivity index (χ4n) is 13.8. The van der Waals surface area contributed by atoms with Crippen LogP contribution in [0.5, 0.6) is 0 Å². The lowest BCUT2D eigenvalue weighted by Crippen LogP contribution is -2.10. The van der Waals surface area contributed by atoms with Crippen LogP contribution in [0.3, 0.4) is 0 Å². The summed E-state index contributed by atoms with van der Waals surface area (Å²) in [5.41, 5.74) is 20.8. The van der Waals surface area contributed by atoms with E-state index in [9.17, 15) is 0 Å². The average Bonchev–Trinajstić information content (AvgIpc) is 2.13. The van der Waals surface area contributed by atoms with Crippen molar-refractivity contribution in [2.45, 2.75) is 12.8 Å². The lowest BCUT2D eigenvalue weighted by molar-refractivity contribution is 0.888. The second-order valence-corrected chi connectivity index (χ2v) is 22.4. The van der Waals surface area contributed by atoms with Gasteiger partial charge in [0.2, 0.25) is 0 Å². The minimum absolute atomic E-state index is 0.987. The van der Waals surface area contributed by atoms with Gasteiger partial charge in [0, 0.05) is 88.8 Å². The van der Waals surface area contributed by atoms with Gasteiger partial charge < -0.3 is 23.5 Å². The molecular formula is C80H55N5. The van der Waals surface area contributed by atoms with Crippen molar-refractivity contribution in [2.24, 2.45) is 0 Å². The van der Waals surface area contributed by atoms with Crippen LogP contribution in [-0.2, 0) is 6.42 Å². The molecule has 0 radical (unpaired) electrons. The molecule has 1 aliphatic carbocycles. The summed E-state index contributed by atoms with van der Waals surface area (Å²) < 4.78 is 7.33. The lowest BCUT2D eigenvalue weighted by Gasteiger charge is -2.27. The molecule has 0 aliphatic heterocycles. The lowest BCUT2D eigenvalue weighted by atomic mass is 10.0. The quantitative estimate of drug-likeness (QED) is 0.136. The number of rotatable bonds is 10. The second kappa shape index (κ2) is 19.8. The normalized spacial score (nSPS) is 12.3. The minimum Gasteiger partial charge on any atom is -0.313 e. The van der Waals surface area contributed by atoms with Gasteiger partial charge in [-0.3, -0.25) is 0 Å². The number of hydrogen-bond donors (Lipinski definition) is 0. The van der Waals surface area contributed by atoms with Gasteiger partial charge in [0.15, 0.2) is 0 Å². The molecule has 400 valence electrons. The van der Waals surface area contributed by atoms with Crippen LogP contribution in [0, 0.1) is 0 Å². The average molecular weight is 1090 g/mol. The van der Waals surface area contributed by atoms with Crippen LogP contribution in [0.4, 0.5) is 34.1 Å². The highest BCUT2D eigenvalue weighted by Crippen LogP contribution is 2.48. The Morgan fingerprint density at radius 2 is 0.659 bits per heavy atom. The first-order valence-corrected chi connectivity index (χ1v) is 29.5. The van der Waals surface area contributed by atoms with E-state index < -0.39 is 0 Å². The van der Waals surface area contributed by atoms with Gasteiger partial charge in [-0.15, -0.1) is 0 Å². The van der Waals surface area contributed by atoms with Gasteiger partial charge >= 0.3 is 0 Å². The van der Waals surface area contributed by atoms with Crippen molar-refractivity contribution in [3.05, 3.63) is 315 Å². The number of anilines is 6. The Hall–Kier alpha value is -11.1. The van der Waals surface area contributed by atoms with Crippen molar-refractivity contribution in [2.75, 3.05) is 9.80 Å². The fraction of sp³-hybridized carbons (Fsp3) is 0.0250. The molecule has 0 N–H and O–H groups in total. The Bertz CT molecular complexity index is 5290. The molecule has 0 saturated carbocycles. The standard InChI is InChI=1S/C80H55N5/c1-4-20-54(21-5-1)55-38-40-60(41-39-55)85-79-48-44-63(81(73-36-18-24-56-22-10-12-30-65(56)73)61-42-46-77-69(50-61)67-32-14-16-34-75(67)83(77)58-26-6-2-7-27-58)52-71(79)72-53-64(45-49-80(72)85)82(74-37-19-25-57-23-11-13-31-66(57)74)62-43-47-78-70(51-62)68-33-15-17-35-76(68)84(78)59-28-8-3-9-29-59/h1-16,18-34,36-53H,17,35H2. The van der Waals surface area contributed by atoms with E-state index in [0.29, 0.717) is 0 Å². The molecule has 1 aliphatic rings. The van der Waals surface area contributed by atoms with Crippen molar-refractivity contribution in [1.29, 1.82) is 0 Å². The Morgan fingerprint density at radius 3 is 1.20 bits per heavy atom. The van der Waals surface area contributed by atoms with Crippen molar-refractivity contribution in [3.63, 3.8) is 0 Å². The smallest absolute Gasteiger partial charge is 0.0542 e. The molecule has 0 spiro atoms. The molecule has 13 aromatic carbocycles. The predicted molar refractivity (Wildman–Crippen MR) is 359 cm³/mol. The second-order valence-electron chi connectivity index (χ2n) is 22.4. The molecule has 0 saturated heterocycles. The third-order valence-electron chi connectivity index (χ3n) is 17.6. The number of aromatic nitrogens is 3. The van der Waals surface area contributed by atoms with E-state index in [1.54, 1.807) is 0 Å². The summed E-state index contributed by atoms with van der Waals surface area (Å²) in [5, 5.41) is 10.7. The van der Waals surface area contributed by atoms with Gasteiger partial charge in [-0.1, -0.05) is 182 Å².